The van der Waals surface area contributed by atoms with Crippen LogP contribution in [0.25, 0.3) is 10.9 Å². The Bertz CT molecular complexity index is 696. The fraction of sp³-hybridized carbons (Fsp3) is 0.524. The molecular weight excluding hydrogens is 324 g/mol. The summed E-state index contributed by atoms with van der Waals surface area (Å²) in [4.78, 5) is 22.9. The number of rotatable bonds is 10. The van der Waals surface area contributed by atoms with Gasteiger partial charge in [-0.15, -0.1) is 0 Å². The van der Waals surface area contributed by atoms with Crippen LogP contribution in [0.1, 0.15) is 24.8 Å². The van der Waals surface area contributed by atoms with E-state index in [1.807, 2.05) is 38.3 Å². The molecule has 0 saturated heterocycles. The summed E-state index contributed by atoms with van der Waals surface area (Å²) in [5.41, 5.74) is 2.33. The van der Waals surface area contributed by atoms with Gasteiger partial charge in [0, 0.05) is 38.1 Å². The fourth-order valence-corrected chi connectivity index (χ4v) is 3.10. The van der Waals surface area contributed by atoms with E-state index in [-0.39, 0.29) is 5.91 Å². The lowest BCUT2D eigenvalue weighted by Crippen LogP contribution is -2.30. The number of amides is 1. The maximum absolute atomic E-state index is 12.1. The number of fused-ring (bicyclic) bond motifs is 1. The third-order valence-corrected chi connectivity index (χ3v) is 4.61. The fourth-order valence-electron chi connectivity index (χ4n) is 3.10. The van der Waals surface area contributed by atoms with Gasteiger partial charge in [0.1, 0.15) is 0 Å². The second-order valence-corrected chi connectivity index (χ2v) is 7.31. The van der Waals surface area contributed by atoms with E-state index in [2.05, 4.69) is 46.1 Å². The molecule has 1 heterocycles. The van der Waals surface area contributed by atoms with Crippen LogP contribution < -0.4 is 0 Å². The topological polar surface area (TPSA) is 39.7 Å². The summed E-state index contributed by atoms with van der Waals surface area (Å²) in [5, 5.41) is 1.18. The minimum atomic E-state index is 0.243. The molecule has 5 nitrogen and oxygen atoms in total. The summed E-state index contributed by atoms with van der Waals surface area (Å²) in [7, 11) is 8.11. The standard InChI is InChI=1S/C21H32N4O/c1-23(2)14-7-12-20(26)25(4)16-8-15-24(3)17-19-10-5-9-18-11-6-13-22-21(18)19/h5-6,9-11,13H,7-8,12,14-17H2,1-4H3. The van der Waals surface area contributed by atoms with Crippen LogP contribution in [0.2, 0.25) is 0 Å². The average Bonchev–Trinajstić information content (AvgIpc) is 2.61. The first kappa shape index (κ1) is 20.3. The number of carbonyl (C=O) groups excluding carboxylic acids is 1. The van der Waals surface area contributed by atoms with Gasteiger partial charge < -0.3 is 14.7 Å². The van der Waals surface area contributed by atoms with Gasteiger partial charge in [0.05, 0.1) is 5.52 Å². The third-order valence-electron chi connectivity index (χ3n) is 4.61. The summed E-state index contributed by atoms with van der Waals surface area (Å²) >= 11 is 0. The smallest absolute Gasteiger partial charge is 0.222 e. The molecule has 5 heteroatoms. The van der Waals surface area contributed by atoms with Crippen molar-refractivity contribution in [3.05, 3.63) is 42.1 Å². The summed E-state index contributed by atoms with van der Waals surface area (Å²) in [6, 6.07) is 10.4. The van der Waals surface area contributed by atoms with Crippen molar-refractivity contribution in [1.82, 2.24) is 19.7 Å². The second-order valence-electron chi connectivity index (χ2n) is 7.31. The van der Waals surface area contributed by atoms with Crippen molar-refractivity contribution in [3.63, 3.8) is 0 Å². The largest absolute Gasteiger partial charge is 0.346 e. The van der Waals surface area contributed by atoms with Gasteiger partial charge in [0.15, 0.2) is 0 Å². The van der Waals surface area contributed by atoms with Crippen LogP contribution in [0.3, 0.4) is 0 Å². The molecule has 0 fully saturated rings. The highest BCUT2D eigenvalue weighted by molar-refractivity contribution is 5.81. The van der Waals surface area contributed by atoms with Crippen molar-refractivity contribution in [3.8, 4) is 0 Å². The van der Waals surface area contributed by atoms with Crippen molar-refractivity contribution < 1.29 is 4.79 Å². The number of hydrogen-bond donors (Lipinski definition) is 0. The van der Waals surface area contributed by atoms with Crippen LogP contribution in [0.5, 0.6) is 0 Å². The maximum Gasteiger partial charge on any atom is 0.222 e. The van der Waals surface area contributed by atoms with Crippen molar-refractivity contribution in [1.29, 1.82) is 0 Å². The molecule has 0 spiro atoms. The summed E-state index contributed by atoms with van der Waals surface area (Å²) < 4.78 is 0. The van der Waals surface area contributed by atoms with E-state index in [9.17, 15) is 4.79 Å². The number of hydrogen-bond acceptors (Lipinski definition) is 4. The van der Waals surface area contributed by atoms with Gasteiger partial charge in [0.25, 0.3) is 0 Å². The van der Waals surface area contributed by atoms with E-state index in [0.29, 0.717) is 6.42 Å². The molecule has 0 aliphatic carbocycles. The highest BCUT2D eigenvalue weighted by Crippen LogP contribution is 2.17. The number of carbonyl (C=O) groups is 1. The molecular formula is C21H32N4O. The number of para-hydroxylation sites is 1. The van der Waals surface area contributed by atoms with E-state index in [1.54, 1.807) is 0 Å². The van der Waals surface area contributed by atoms with E-state index in [0.717, 1.165) is 44.5 Å². The Balaban J connectivity index is 1.74. The first-order valence-electron chi connectivity index (χ1n) is 9.37. The number of nitrogens with zero attached hydrogens (tertiary/aromatic N) is 4. The summed E-state index contributed by atoms with van der Waals surface area (Å²) in [5.74, 6) is 0.243. The van der Waals surface area contributed by atoms with E-state index >= 15 is 0 Å². The first-order chi connectivity index (χ1) is 12.5. The molecule has 2 rings (SSSR count). The van der Waals surface area contributed by atoms with Crippen LogP contribution in [0.15, 0.2) is 36.5 Å². The van der Waals surface area contributed by atoms with Crippen molar-refractivity contribution >= 4 is 16.8 Å². The van der Waals surface area contributed by atoms with E-state index < -0.39 is 0 Å². The molecule has 0 bridgehead atoms. The monoisotopic (exact) mass is 356 g/mol. The zero-order valence-corrected chi connectivity index (χ0v) is 16.6. The zero-order valence-electron chi connectivity index (χ0n) is 16.6. The molecule has 0 atom stereocenters. The van der Waals surface area contributed by atoms with Gasteiger partial charge in [-0.2, -0.15) is 0 Å². The Labute approximate surface area is 157 Å². The minimum absolute atomic E-state index is 0.243. The van der Waals surface area contributed by atoms with E-state index in [1.165, 1.54) is 10.9 Å². The predicted molar refractivity (Wildman–Crippen MR) is 108 cm³/mol. The average molecular weight is 357 g/mol. The number of benzene rings is 1. The Kier molecular flexibility index (Phi) is 8.01. The molecule has 0 aliphatic rings. The lowest BCUT2D eigenvalue weighted by molar-refractivity contribution is -0.130. The summed E-state index contributed by atoms with van der Waals surface area (Å²) in [6.07, 6.45) is 4.38. The van der Waals surface area contributed by atoms with Crippen molar-refractivity contribution in [2.24, 2.45) is 0 Å². The normalized spacial score (nSPS) is 11.5. The Morgan fingerprint density at radius 3 is 2.50 bits per heavy atom. The SMILES string of the molecule is CN(C)CCCC(=O)N(C)CCCN(C)Cc1cccc2cccnc12. The quantitative estimate of drug-likeness (QED) is 0.656. The van der Waals surface area contributed by atoms with Gasteiger partial charge >= 0.3 is 0 Å². The molecule has 1 aromatic carbocycles. The van der Waals surface area contributed by atoms with Gasteiger partial charge in [-0.05, 0) is 58.7 Å². The third kappa shape index (κ3) is 6.39. The predicted octanol–water partition coefficient (Wildman–Crippen LogP) is 2.86. The van der Waals surface area contributed by atoms with Crippen LogP contribution in [0.4, 0.5) is 0 Å². The van der Waals surface area contributed by atoms with E-state index in [4.69, 9.17) is 0 Å². The molecule has 0 saturated carbocycles. The molecule has 2 aromatic rings. The maximum atomic E-state index is 12.1. The highest BCUT2D eigenvalue weighted by atomic mass is 16.2. The lowest BCUT2D eigenvalue weighted by Gasteiger charge is -2.21. The molecule has 1 amide bonds. The van der Waals surface area contributed by atoms with Gasteiger partial charge in [-0.25, -0.2) is 0 Å². The Hall–Kier alpha value is -1.98. The van der Waals surface area contributed by atoms with Crippen LogP contribution in [0, 0.1) is 0 Å². The molecule has 142 valence electrons. The molecule has 0 aliphatic heterocycles. The molecule has 1 aromatic heterocycles. The lowest BCUT2D eigenvalue weighted by atomic mass is 10.1. The van der Waals surface area contributed by atoms with Crippen LogP contribution >= 0.6 is 0 Å². The van der Waals surface area contributed by atoms with Crippen molar-refractivity contribution in [2.75, 3.05) is 47.8 Å². The first-order valence-corrected chi connectivity index (χ1v) is 9.37. The number of aromatic nitrogens is 1. The Morgan fingerprint density at radius 2 is 1.73 bits per heavy atom. The summed E-state index contributed by atoms with van der Waals surface area (Å²) in [6.45, 7) is 3.59. The zero-order chi connectivity index (χ0) is 18.9. The van der Waals surface area contributed by atoms with Gasteiger partial charge in [0.2, 0.25) is 5.91 Å². The molecule has 0 radical (unpaired) electrons. The van der Waals surface area contributed by atoms with Crippen molar-refractivity contribution in [2.45, 2.75) is 25.8 Å². The van der Waals surface area contributed by atoms with Gasteiger partial charge in [-0.3, -0.25) is 9.78 Å². The molecule has 26 heavy (non-hydrogen) atoms. The molecule has 0 N–H and O–H groups in total. The van der Waals surface area contributed by atoms with Gasteiger partial charge in [-0.1, -0.05) is 24.3 Å². The second kappa shape index (κ2) is 10.2. The van der Waals surface area contributed by atoms with Crippen LogP contribution in [-0.4, -0.2) is 73.4 Å². The minimum Gasteiger partial charge on any atom is -0.346 e. The molecule has 0 unspecified atom stereocenters. The Morgan fingerprint density at radius 1 is 0.962 bits per heavy atom. The highest BCUT2D eigenvalue weighted by Gasteiger charge is 2.10. The number of pyridine rings is 1. The van der Waals surface area contributed by atoms with Crippen LogP contribution in [-0.2, 0) is 11.3 Å².